The predicted molar refractivity (Wildman–Crippen MR) is 159 cm³/mol. The van der Waals surface area contributed by atoms with Gasteiger partial charge in [0.1, 0.15) is 12.4 Å². The molecule has 0 saturated carbocycles. The van der Waals surface area contributed by atoms with Crippen LogP contribution in [-0.2, 0) is 6.61 Å². The molecule has 40 heavy (non-hydrogen) atoms. The Morgan fingerprint density at radius 1 is 0.800 bits per heavy atom. The highest BCUT2D eigenvalue weighted by Gasteiger charge is 2.18. The van der Waals surface area contributed by atoms with Gasteiger partial charge in [-0.1, -0.05) is 91.0 Å². The first-order chi connectivity index (χ1) is 19.7. The van der Waals surface area contributed by atoms with E-state index in [9.17, 15) is 4.79 Å². The van der Waals surface area contributed by atoms with Crippen molar-refractivity contribution >= 4 is 22.9 Å². The maximum Gasteiger partial charge on any atom is 0.291 e. The van der Waals surface area contributed by atoms with Crippen molar-refractivity contribution in [3.63, 3.8) is 0 Å². The molecular weight excluding hydrogens is 496 g/mol. The maximum atomic E-state index is 13.1. The average Bonchev–Trinajstić information content (AvgIpc) is 3.47. The Morgan fingerprint density at radius 3 is 2.30 bits per heavy atom. The summed E-state index contributed by atoms with van der Waals surface area (Å²) >= 11 is 0. The van der Waals surface area contributed by atoms with Crippen molar-refractivity contribution < 1.29 is 9.53 Å². The van der Waals surface area contributed by atoms with Gasteiger partial charge in [0, 0.05) is 5.56 Å². The van der Waals surface area contributed by atoms with Crippen molar-refractivity contribution in [2.24, 2.45) is 5.10 Å². The van der Waals surface area contributed by atoms with E-state index in [2.05, 4.69) is 33.8 Å². The summed E-state index contributed by atoms with van der Waals surface area (Å²) in [5.41, 5.74) is 7.50. The van der Waals surface area contributed by atoms with Gasteiger partial charge in [0.05, 0.1) is 17.6 Å². The molecule has 0 bridgehead atoms. The number of hydrazone groups is 1. The van der Waals surface area contributed by atoms with E-state index in [1.807, 2.05) is 109 Å². The average molecular weight is 523 g/mol. The monoisotopic (exact) mass is 522 g/mol. The van der Waals surface area contributed by atoms with Crippen LogP contribution in [0, 0.1) is 0 Å². The summed E-state index contributed by atoms with van der Waals surface area (Å²) in [7, 11) is 0. The molecule has 0 unspecified atom stereocenters. The van der Waals surface area contributed by atoms with E-state index in [-0.39, 0.29) is 5.69 Å². The van der Waals surface area contributed by atoms with Gasteiger partial charge in [-0.3, -0.25) is 4.79 Å². The normalized spacial score (nSPS) is 11.1. The number of fused-ring (bicyclic) bond motifs is 1. The van der Waals surface area contributed by atoms with Gasteiger partial charge in [-0.2, -0.15) is 10.2 Å². The quantitative estimate of drug-likeness (QED) is 0.172. The van der Waals surface area contributed by atoms with Crippen molar-refractivity contribution in [3.8, 4) is 22.7 Å². The molecule has 1 N–H and O–H groups in total. The van der Waals surface area contributed by atoms with Gasteiger partial charge < -0.3 is 4.74 Å². The van der Waals surface area contributed by atoms with Crippen LogP contribution < -0.4 is 10.2 Å². The van der Waals surface area contributed by atoms with E-state index in [4.69, 9.17) is 4.74 Å². The van der Waals surface area contributed by atoms with E-state index >= 15 is 0 Å². The standard InChI is InChI=1S/C34H26N4O2/c39-34(36-35-23-25-18-20-29(21-19-25)40-24-26-10-3-1-4-11-26)32-22-33(38(37-32)28-14-5-2-6-15-28)31-17-9-13-27-12-7-8-16-30(27)31/h1-23H,24H2,(H,36,39)/b35-23-. The minimum absolute atomic E-state index is 0.272. The molecule has 6 aromatic rings. The first-order valence-electron chi connectivity index (χ1n) is 13.0. The Morgan fingerprint density at radius 2 is 1.50 bits per heavy atom. The molecule has 5 aromatic carbocycles. The van der Waals surface area contributed by atoms with Gasteiger partial charge in [0.2, 0.25) is 0 Å². The van der Waals surface area contributed by atoms with Gasteiger partial charge in [-0.05, 0) is 64.4 Å². The number of rotatable bonds is 8. The SMILES string of the molecule is O=C(N/N=C\c1ccc(OCc2ccccc2)cc1)c1cc(-c2cccc3ccccc23)n(-c2ccccc2)n1. The second-order valence-corrected chi connectivity index (χ2v) is 9.23. The fourth-order valence-corrected chi connectivity index (χ4v) is 4.51. The van der Waals surface area contributed by atoms with Crippen LogP contribution in [0.25, 0.3) is 27.7 Å². The number of hydrogen-bond donors (Lipinski definition) is 1. The number of ether oxygens (including phenoxy) is 1. The minimum atomic E-state index is -0.393. The van der Waals surface area contributed by atoms with Gasteiger partial charge >= 0.3 is 0 Å². The minimum Gasteiger partial charge on any atom is -0.489 e. The summed E-state index contributed by atoms with van der Waals surface area (Å²) in [5, 5.41) is 11.0. The lowest BCUT2D eigenvalue weighted by atomic mass is 10.0. The Labute approximate surface area is 232 Å². The molecule has 0 radical (unpaired) electrons. The molecule has 0 aliphatic heterocycles. The van der Waals surface area contributed by atoms with Crippen LogP contribution >= 0.6 is 0 Å². The van der Waals surface area contributed by atoms with Crippen molar-refractivity contribution in [3.05, 3.63) is 150 Å². The molecular formula is C34H26N4O2. The van der Waals surface area contributed by atoms with Crippen LogP contribution in [0.4, 0.5) is 0 Å². The highest BCUT2D eigenvalue weighted by Crippen LogP contribution is 2.31. The largest absolute Gasteiger partial charge is 0.489 e. The molecule has 0 spiro atoms. The van der Waals surface area contributed by atoms with E-state index in [1.54, 1.807) is 17.0 Å². The number of nitrogens with one attached hydrogen (secondary N) is 1. The highest BCUT2D eigenvalue weighted by molar-refractivity contribution is 5.99. The van der Waals surface area contributed by atoms with Crippen LogP contribution in [0.3, 0.4) is 0 Å². The molecule has 0 aliphatic carbocycles. The van der Waals surface area contributed by atoms with Crippen LogP contribution in [0.15, 0.2) is 139 Å². The number of nitrogens with zero attached hydrogens (tertiary/aromatic N) is 3. The van der Waals surface area contributed by atoms with Crippen molar-refractivity contribution in [2.45, 2.75) is 6.61 Å². The molecule has 0 saturated heterocycles. The van der Waals surface area contributed by atoms with Crippen molar-refractivity contribution in [1.29, 1.82) is 0 Å². The van der Waals surface area contributed by atoms with Crippen molar-refractivity contribution in [1.82, 2.24) is 15.2 Å². The molecule has 1 aromatic heterocycles. The third-order valence-corrected chi connectivity index (χ3v) is 6.52. The van der Waals surface area contributed by atoms with Gasteiger partial charge in [0.15, 0.2) is 5.69 Å². The Hall–Kier alpha value is -5.49. The van der Waals surface area contributed by atoms with Gasteiger partial charge in [-0.25, -0.2) is 10.1 Å². The third-order valence-electron chi connectivity index (χ3n) is 6.52. The lowest BCUT2D eigenvalue weighted by Gasteiger charge is -2.10. The molecule has 6 nitrogen and oxygen atoms in total. The summed E-state index contributed by atoms with van der Waals surface area (Å²) in [6, 6.07) is 43.5. The Bertz CT molecular complexity index is 1770. The predicted octanol–water partition coefficient (Wildman–Crippen LogP) is 7.04. The van der Waals surface area contributed by atoms with Gasteiger partial charge in [0.25, 0.3) is 5.91 Å². The van der Waals surface area contributed by atoms with Crippen molar-refractivity contribution in [2.75, 3.05) is 0 Å². The summed E-state index contributed by atoms with van der Waals surface area (Å²) in [4.78, 5) is 13.1. The van der Waals surface area contributed by atoms with E-state index in [0.29, 0.717) is 6.61 Å². The van der Waals surface area contributed by atoms with Crippen LogP contribution in [0.1, 0.15) is 21.6 Å². The highest BCUT2D eigenvalue weighted by atomic mass is 16.5. The second kappa shape index (κ2) is 11.5. The molecule has 0 aliphatic rings. The summed E-state index contributed by atoms with van der Waals surface area (Å²) in [6.07, 6.45) is 1.60. The fraction of sp³-hybridized carbons (Fsp3) is 0.0294. The summed E-state index contributed by atoms with van der Waals surface area (Å²) in [5.74, 6) is 0.368. The van der Waals surface area contributed by atoms with E-state index in [1.165, 1.54) is 0 Å². The number of carbonyl (C=O) groups excluding carboxylic acids is 1. The summed E-state index contributed by atoms with van der Waals surface area (Å²) < 4.78 is 7.64. The lowest BCUT2D eigenvalue weighted by molar-refractivity contribution is 0.0949. The number of amides is 1. The van der Waals surface area contributed by atoms with Gasteiger partial charge in [-0.15, -0.1) is 0 Å². The second-order valence-electron chi connectivity index (χ2n) is 9.23. The number of hydrogen-bond acceptors (Lipinski definition) is 4. The Kier molecular flexibility index (Phi) is 7.13. The fourth-order valence-electron chi connectivity index (χ4n) is 4.51. The number of benzene rings is 5. The molecule has 6 heteroatoms. The van der Waals surface area contributed by atoms with Crippen LogP contribution in [0.2, 0.25) is 0 Å². The zero-order chi connectivity index (χ0) is 27.1. The molecule has 6 rings (SSSR count). The molecule has 0 atom stereocenters. The first-order valence-corrected chi connectivity index (χ1v) is 13.0. The van der Waals surface area contributed by atoms with E-state index in [0.717, 1.165) is 44.6 Å². The first kappa shape index (κ1) is 24.8. The number of carbonyl (C=O) groups is 1. The Balaban J connectivity index is 1.20. The molecule has 1 heterocycles. The van der Waals surface area contributed by atoms with Crippen LogP contribution in [0.5, 0.6) is 5.75 Å². The van der Waals surface area contributed by atoms with Crippen LogP contribution in [-0.4, -0.2) is 21.9 Å². The molecule has 1 amide bonds. The maximum absolute atomic E-state index is 13.1. The smallest absolute Gasteiger partial charge is 0.291 e. The zero-order valence-corrected chi connectivity index (χ0v) is 21.6. The topological polar surface area (TPSA) is 68.5 Å². The molecule has 194 valence electrons. The lowest BCUT2D eigenvalue weighted by Crippen LogP contribution is -2.18. The summed E-state index contributed by atoms with van der Waals surface area (Å²) in [6.45, 7) is 0.501. The van der Waals surface area contributed by atoms with E-state index < -0.39 is 5.91 Å². The molecule has 0 fully saturated rings. The third kappa shape index (κ3) is 5.51. The number of aromatic nitrogens is 2. The number of para-hydroxylation sites is 1. The zero-order valence-electron chi connectivity index (χ0n) is 21.6.